The van der Waals surface area contributed by atoms with E-state index in [0.717, 1.165) is 16.9 Å². The SMILES string of the molecule is C=CCOc1ccc(C=CC(=O)NCc2ccc(F)cc2)cc1. The lowest BCUT2D eigenvalue weighted by molar-refractivity contribution is -0.116. The second kappa shape index (κ2) is 8.54. The molecule has 0 radical (unpaired) electrons. The van der Waals surface area contributed by atoms with E-state index in [1.807, 2.05) is 24.3 Å². The van der Waals surface area contributed by atoms with E-state index in [4.69, 9.17) is 4.74 Å². The van der Waals surface area contributed by atoms with Crippen molar-refractivity contribution in [2.75, 3.05) is 6.61 Å². The van der Waals surface area contributed by atoms with Crippen molar-refractivity contribution in [2.45, 2.75) is 6.54 Å². The molecule has 0 aliphatic carbocycles. The maximum absolute atomic E-state index is 12.8. The molecule has 2 rings (SSSR count). The molecule has 0 heterocycles. The first kappa shape index (κ1) is 16.5. The number of ether oxygens (including phenoxy) is 1. The minimum atomic E-state index is -0.291. The zero-order chi connectivity index (χ0) is 16.5. The summed E-state index contributed by atoms with van der Waals surface area (Å²) in [5.74, 6) is 0.254. The van der Waals surface area contributed by atoms with Gasteiger partial charge in [-0.2, -0.15) is 0 Å². The van der Waals surface area contributed by atoms with Gasteiger partial charge in [0.15, 0.2) is 0 Å². The van der Waals surface area contributed by atoms with Crippen molar-refractivity contribution in [2.24, 2.45) is 0 Å². The molecule has 23 heavy (non-hydrogen) atoms. The van der Waals surface area contributed by atoms with Crippen LogP contribution in [0.15, 0.2) is 67.3 Å². The second-order valence-corrected chi connectivity index (χ2v) is 4.85. The highest BCUT2D eigenvalue weighted by molar-refractivity contribution is 5.91. The number of nitrogens with one attached hydrogen (secondary N) is 1. The number of halogens is 1. The average Bonchev–Trinajstić information content (AvgIpc) is 2.58. The van der Waals surface area contributed by atoms with E-state index in [-0.39, 0.29) is 11.7 Å². The Balaban J connectivity index is 1.83. The average molecular weight is 311 g/mol. The van der Waals surface area contributed by atoms with Gasteiger partial charge in [0.2, 0.25) is 5.91 Å². The van der Waals surface area contributed by atoms with Crippen LogP contribution in [0.5, 0.6) is 5.75 Å². The first-order valence-electron chi connectivity index (χ1n) is 7.21. The van der Waals surface area contributed by atoms with Gasteiger partial charge >= 0.3 is 0 Å². The molecule has 2 aromatic rings. The maximum atomic E-state index is 12.8. The molecule has 0 spiro atoms. The molecule has 0 aliphatic rings. The third kappa shape index (κ3) is 5.79. The molecule has 0 unspecified atom stereocenters. The summed E-state index contributed by atoms with van der Waals surface area (Å²) < 4.78 is 18.2. The molecule has 118 valence electrons. The summed E-state index contributed by atoms with van der Waals surface area (Å²) in [6, 6.07) is 13.4. The van der Waals surface area contributed by atoms with Crippen LogP contribution in [0.4, 0.5) is 4.39 Å². The van der Waals surface area contributed by atoms with Gasteiger partial charge in [-0.15, -0.1) is 0 Å². The third-order valence-corrected chi connectivity index (χ3v) is 3.06. The van der Waals surface area contributed by atoms with Gasteiger partial charge in [-0.1, -0.05) is 36.9 Å². The van der Waals surface area contributed by atoms with Crippen LogP contribution in [0.2, 0.25) is 0 Å². The fourth-order valence-corrected chi connectivity index (χ4v) is 1.85. The highest BCUT2D eigenvalue weighted by Gasteiger charge is 1.98. The fourth-order valence-electron chi connectivity index (χ4n) is 1.85. The smallest absolute Gasteiger partial charge is 0.244 e. The van der Waals surface area contributed by atoms with Gasteiger partial charge in [0.05, 0.1) is 0 Å². The summed E-state index contributed by atoms with van der Waals surface area (Å²) in [7, 11) is 0. The predicted octanol–water partition coefficient (Wildman–Crippen LogP) is 3.72. The molecule has 1 amide bonds. The van der Waals surface area contributed by atoms with Gasteiger partial charge in [-0.05, 0) is 41.5 Å². The minimum Gasteiger partial charge on any atom is -0.490 e. The van der Waals surface area contributed by atoms with E-state index < -0.39 is 0 Å². The van der Waals surface area contributed by atoms with Crippen molar-refractivity contribution >= 4 is 12.0 Å². The topological polar surface area (TPSA) is 38.3 Å². The molecule has 0 saturated heterocycles. The largest absolute Gasteiger partial charge is 0.490 e. The van der Waals surface area contributed by atoms with Gasteiger partial charge in [0.1, 0.15) is 18.2 Å². The van der Waals surface area contributed by atoms with Crippen LogP contribution in [0.1, 0.15) is 11.1 Å². The molecule has 4 heteroatoms. The van der Waals surface area contributed by atoms with E-state index in [2.05, 4.69) is 11.9 Å². The lowest BCUT2D eigenvalue weighted by atomic mass is 10.2. The summed E-state index contributed by atoms with van der Waals surface area (Å²) in [6.45, 7) is 4.40. The van der Waals surface area contributed by atoms with Crippen LogP contribution in [-0.4, -0.2) is 12.5 Å². The van der Waals surface area contributed by atoms with Crippen LogP contribution in [-0.2, 0) is 11.3 Å². The van der Waals surface area contributed by atoms with Gasteiger partial charge < -0.3 is 10.1 Å². The van der Waals surface area contributed by atoms with E-state index in [1.165, 1.54) is 18.2 Å². The number of carbonyl (C=O) groups is 1. The quantitative estimate of drug-likeness (QED) is 0.625. The van der Waals surface area contributed by atoms with Crippen molar-refractivity contribution in [3.05, 3.63) is 84.2 Å². The molecule has 3 nitrogen and oxygen atoms in total. The molecule has 1 N–H and O–H groups in total. The normalized spacial score (nSPS) is 10.5. The Labute approximate surface area is 135 Å². The second-order valence-electron chi connectivity index (χ2n) is 4.85. The van der Waals surface area contributed by atoms with Crippen molar-refractivity contribution in [3.8, 4) is 5.75 Å². The van der Waals surface area contributed by atoms with Crippen LogP contribution >= 0.6 is 0 Å². The molecule has 0 aliphatic heterocycles. The summed E-state index contributed by atoms with van der Waals surface area (Å²) >= 11 is 0. The first-order valence-corrected chi connectivity index (χ1v) is 7.21. The van der Waals surface area contributed by atoms with E-state index in [9.17, 15) is 9.18 Å². The number of benzene rings is 2. The Kier molecular flexibility index (Phi) is 6.12. The molecule has 0 atom stereocenters. The Morgan fingerprint density at radius 2 is 1.83 bits per heavy atom. The number of amides is 1. The summed E-state index contributed by atoms with van der Waals surface area (Å²) in [5, 5.41) is 2.74. The van der Waals surface area contributed by atoms with Crippen LogP contribution in [0.3, 0.4) is 0 Å². The Morgan fingerprint density at radius 1 is 1.13 bits per heavy atom. The zero-order valence-electron chi connectivity index (χ0n) is 12.7. The van der Waals surface area contributed by atoms with E-state index >= 15 is 0 Å². The minimum absolute atomic E-state index is 0.207. The van der Waals surface area contributed by atoms with Crippen molar-refractivity contribution in [1.29, 1.82) is 0 Å². The van der Waals surface area contributed by atoms with Crippen LogP contribution in [0.25, 0.3) is 6.08 Å². The van der Waals surface area contributed by atoms with Gasteiger partial charge in [-0.25, -0.2) is 4.39 Å². The fraction of sp³-hybridized carbons (Fsp3) is 0.105. The Hall–Kier alpha value is -2.88. The van der Waals surface area contributed by atoms with Crippen molar-refractivity contribution < 1.29 is 13.9 Å². The number of hydrogen-bond acceptors (Lipinski definition) is 2. The highest BCUT2D eigenvalue weighted by atomic mass is 19.1. The number of rotatable bonds is 7. The van der Waals surface area contributed by atoms with Gasteiger partial charge in [0, 0.05) is 12.6 Å². The summed E-state index contributed by atoms with van der Waals surface area (Å²) in [6.07, 6.45) is 4.86. The summed E-state index contributed by atoms with van der Waals surface area (Å²) in [4.78, 5) is 11.8. The molecule has 0 fully saturated rings. The zero-order valence-corrected chi connectivity index (χ0v) is 12.7. The predicted molar refractivity (Wildman–Crippen MR) is 89.4 cm³/mol. The molecule has 0 saturated carbocycles. The Morgan fingerprint density at radius 3 is 2.48 bits per heavy atom. The molecular weight excluding hydrogens is 293 g/mol. The standard InChI is InChI=1S/C19H18FNO2/c1-2-13-23-18-10-5-15(6-11-18)7-12-19(22)21-14-16-3-8-17(20)9-4-16/h2-12H,1,13-14H2,(H,21,22). The number of hydrogen-bond donors (Lipinski definition) is 1. The first-order chi connectivity index (χ1) is 11.2. The van der Waals surface area contributed by atoms with Crippen molar-refractivity contribution in [3.63, 3.8) is 0 Å². The Bertz CT molecular complexity index is 676. The molecule has 0 bridgehead atoms. The lowest BCUT2D eigenvalue weighted by Gasteiger charge is -2.03. The van der Waals surface area contributed by atoms with Crippen LogP contribution < -0.4 is 10.1 Å². The molecule has 0 aromatic heterocycles. The van der Waals surface area contributed by atoms with Gasteiger partial charge in [-0.3, -0.25) is 4.79 Å². The lowest BCUT2D eigenvalue weighted by Crippen LogP contribution is -2.20. The van der Waals surface area contributed by atoms with Crippen molar-refractivity contribution in [1.82, 2.24) is 5.32 Å². The maximum Gasteiger partial charge on any atom is 0.244 e. The van der Waals surface area contributed by atoms with Gasteiger partial charge in [0.25, 0.3) is 0 Å². The molecule has 2 aromatic carbocycles. The van der Waals surface area contributed by atoms with Crippen LogP contribution in [0, 0.1) is 5.82 Å². The van der Waals surface area contributed by atoms with E-state index in [0.29, 0.717) is 13.2 Å². The van der Waals surface area contributed by atoms with E-state index in [1.54, 1.807) is 24.3 Å². The number of carbonyl (C=O) groups excluding carboxylic acids is 1. The molecular formula is C19H18FNO2. The monoisotopic (exact) mass is 311 g/mol. The summed E-state index contributed by atoms with van der Waals surface area (Å²) in [5.41, 5.74) is 1.74. The third-order valence-electron chi connectivity index (χ3n) is 3.06. The highest BCUT2D eigenvalue weighted by Crippen LogP contribution is 2.13.